The summed E-state index contributed by atoms with van der Waals surface area (Å²) in [5.41, 5.74) is 1.02. The molecule has 5 nitrogen and oxygen atoms in total. The molecule has 0 atom stereocenters. The van der Waals surface area contributed by atoms with Gasteiger partial charge in [0.2, 0.25) is 5.91 Å². The van der Waals surface area contributed by atoms with Crippen molar-refractivity contribution in [3.05, 3.63) is 47.6 Å². The van der Waals surface area contributed by atoms with E-state index in [1.54, 1.807) is 24.4 Å². The van der Waals surface area contributed by atoms with Gasteiger partial charge in [-0.3, -0.25) is 9.78 Å². The van der Waals surface area contributed by atoms with Gasteiger partial charge in [-0.05, 0) is 18.2 Å². The number of carboxylic acids is 1. The molecule has 1 aromatic carbocycles. The van der Waals surface area contributed by atoms with E-state index in [0.717, 1.165) is 17.5 Å². The van der Waals surface area contributed by atoms with Gasteiger partial charge in [-0.25, -0.2) is 4.79 Å². The fourth-order valence-corrected chi connectivity index (χ4v) is 1.80. The van der Waals surface area contributed by atoms with E-state index in [9.17, 15) is 9.59 Å². The van der Waals surface area contributed by atoms with Gasteiger partial charge in [0.1, 0.15) is 0 Å². The molecule has 2 N–H and O–H groups in total. The molecule has 0 aliphatic rings. The predicted molar refractivity (Wildman–Crippen MR) is 72.2 cm³/mol. The number of fused-ring (bicyclic) bond motifs is 1. The summed E-state index contributed by atoms with van der Waals surface area (Å²) >= 11 is 5.94. The molecular formula is C13H9ClN2O3. The van der Waals surface area contributed by atoms with Crippen LogP contribution in [0.3, 0.4) is 0 Å². The molecule has 0 spiro atoms. The Morgan fingerprint density at radius 1 is 1.32 bits per heavy atom. The van der Waals surface area contributed by atoms with Gasteiger partial charge in [0.15, 0.2) is 0 Å². The van der Waals surface area contributed by atoms with Crippen LogP contribution in [0.2, 0.25) is 5.02 Å². The van der Waals surface area contributed by atoms with E-state index >= 15 is 0 Å². The van der Waals surface area contributed by atoms with Gasteiger partial charge in [-0.2, -0.15) is 0 Å². The van der Waals surface area contributed by atoms with Gasteiger partial charge in [0, 0.05) is 28.8 Å². The number of carbonyl (C=O) groups is 2. The smallest absolute Gasteiger partial charge is 0.328 e. The summed E-state index contributed by atoms with van der Waals surface area (Å²) in [5.74, 6) is -1.75. The summed E-state index contributed by atoms with van der Waals surface area (Å²) in [7, 11) is 0. The average molecular weight is 277 g/mol. The molecule has 96 valence electrons. The number of aromatic nitrogens is 1. The van der Waals surface area contributed by atoms with Crippen LogP contribution in [0.5, 0.6) is 0 Å². The molecule has 0 saturated carbocycles. The molecule has 0 fully saturated rings. The lowest BCUT2D eigenvalue weighted by molar-refractivity contribution is -0.131. The Morgan fingerprint density at radius 2 is 2.11 bits per heavy atom. The molecule has 0 unspecified atom stereocenters. The molecule has 1 heterocycles. The van der Waals surface area contributed by atoms with Gasteiger partial charge in [0.25, 0.3) is 0 Å². The third kappa shape index (κ3) is 3.29. The van der Waals surface area contributed by atoms with Gasteiger partial charge in [0.05, 0.1) is 11.2 Å². The number of hydrogen-bond donors (Lipinski definition) is 2. The Balaban J connectivity index is 2.35. The second kappa shape index (κ2) is 5.49. The Hall–Kier alpha value is -2.40. The Labute approximate surface area is 113 Å². The zero-order chi connectivity index (χ0) is 13.8. The minimum atomic E-state index is -1.19. The monoisotopic (exact) mass is 276 g/mol. The number of pyridine rings is 1. The first-order valence-electron chi connectivity index (χ1n) is 5.32. The van der Waals surface area contributed by atoms with Crippen LogP contribution < -0.4 is 5.32 Å². The summed E-state index contributed by atoms with van der Waals surface area (Å²) < 4.78 is 0. The van der Waals surface area contributed by atoms with Gasteiger partial charge in [-0.1, -0.05) is 17.7 Å². The number of carboxylic acid groups (broad SMARTS) is 1. The van der Waals surface area contributed by atoms with Crippen LogP contribution in [0.15, 0.2) is 42.6 Å². The van der Waals surface area contributed by atoms with Crippen LogP contribution in [0, 0.1) is 0 Å². The number of amides is 1. The molecule has 6 heteroatoms. The van der Waals surface area contributed by atoms with Crippen LogP contribution in [-0.2, 0) is 9.59 Å². The number of rotatable bonds is 3. The first kappa shape index (κ1) is 13.0. The van der Waals surface area contributed by atoms with E-state index in [1.807, 2.05) is 6.07 Å². The van der Waals surface area contributed by atoms with Crippen molar-refractivity contribution in [1.29, 1.82) is 0 Å². The van der Waals surface area contributed by atoms with Crippen molar-refractivity contribution in [1.82, 2.24) is 4.98 Å². The van der Waals surface area contributed by atoms with E-state index in [4.69, 9.17) is 16.7 Å². The number of carbonyl (C=O) groups excluding carboxylic acids is 1. The number of nitrogens with zero attached hydrogens (tertiary/aromatic N) is 1. The second-order valence-electron chi connectivity index (χ2n) is 3.69. The highest BCUT2D eigenvalue weighted by atomic mass is 35.5. The largest absolute Gasteiger partial charge is 0.478 e. The Morgan fingerprint density at radius 3 is 2.84 bits per heavy atom. The molecule has 2 aromatic rings. The van der Waals surface area contributed by atoms with Gasteiger partial charge in [-0.15, -0.1) is 0 Å². The first-order valence-corrected chi connectivity index (χ1v) is 5.70. The molecule has 1 amide bonds. The fourth-order valence-electron chi connectivity index (χ4n) is 1.57. The van der Waals surface area contributed by atoms with Crippen molar-refractivity contribution in [2.75, 3.05) is 5.32 Å². The molecule has 0 aliphatic carbocycles. The molecule has 1 aromatic heterocycles. The van der Waals surface area contributed by atoms with Gasteiger partial charge >= 0.3 is 5.97 Å². The standard InChI is InChI=1S/C13H9ClN2O3/c14-9-6-8-2-1-5-15-13(8)10(7-9)16-11(17)3-4-12(18)19/h1-7H,(H,16,17)(H,18,19)/b4-3+. The van der Waals surface area contributed by atoms with E-state index < -0.39 is 11.9 Å². The summed E-state index contributed by atoms with van der Waals surface area (Å²) in [5, 5.41) is 12.2. The van der Waals surface area contributed by atoms with Crippen LogP contribution in [0.4, 0.5) is 5.69 Å². The fraction of sp³-hybridized carbons (Fsp3) is 0. The highest BCUT2D eigenvalue weighted by Crippen LogP contribution is 2.26. The lowest BCUT2D eigenvalue weighted by Crippen LogP contribution is -2.09. The van der Waals surface area contributed by atoms with E-state index in [0.29, 0.717) is 16.2 Å². The quantitative estimate of drug-likeness (QED) is 0.844. The normalized spacial score (nSPS) is 10.8. The van der Waals surface area contributed by atoms with Gasteiger partial charge < -0.3 is 10.4 Å². The summed E-state index contributed by atoms with van der Waals surface area (Å²) in [6.07, 6.45) is 3.28. The van der Waals surface area contributed by atoms with Crippen molar-refractivity contribution in [3.63, 3.8) is 0 Å². The van der Waals surface area contributed by atoms with Crippen LogP contribution in [0.1, 0.15) is 0 Å². The summed E-state index contributed by atoms with van der Waals surface area (Å²) in [6, 6.07) is 6.86. The molecule has 0 radical (unpaired) electrons. The number of hydrogen-bond acceptors (Lipinski definition) is 3. The van der Waals surface area contributed by atoms with E-state index in [1.165, 1.54) is 0 Å². The lowest BCUT2D eigenvalue weighted by Gasteiger charge is -2.06. The number of halogens is 1. The van der Waals surface area contributed by atoms with Crippen molar-refractivity contribution >= 4 is 40.1 Å². The Bertz CT molecular complexity index is 683. The van der Waals surface area contributed by atoms with Crippen LogP contribution in [-0.4, -0.2) is 22.0 Å². The maximum Gasteiger partial charge on any atom is 0.328 e. The van der Waals surface area contributed by atoms with Crippen molar-refractivity contribution in [2.45, 2.75) is 0 Å². The zero-order valence-electron chi connectivity index (χ0n) is 9.63. The van der Waals surface area contributed by atoms with E-state index in [-0.39, 0.29) is 0 Å². The summed E-state index contributed by atoms with van der Waals surface area (Å²) in [4.78, 5) is 26.0. The highest BCUT2D eigenvalue weighted by Gasteiger charge is 2.06. The lowest BCUT2D eigenvalue weighted by atomic mass is 10.2. The van der Waals surface area contributed by atoms with Crippen LogP contribution in [0.25, 0.3) is 10.9 Å². The molecule has 0 bridgehead atoms. The third-order valence-corrected chi connectivity index (χ3v) is 2.52. The van der Waals surface area contributed by atoms with Crippen molar-refractivity contribution in [3.8, 4) is 0 Å². The maximum atomic E-state index is 11.5. The number of aliphatic carboxylic acids is 1. The molecule has 2 rings (SSSR count). The third-order valence-electron chi connectivity index (χ3n) is 2.30. The highest BCUT2D eigenvalue weighted by molar-refractivity contribution is 6.32. The molecular weight excluding hydrogens is 268 g/mol. The summed E-state index contributed by atoms with van der Waals surface area (Å²) in [6.45, 7) is 0. The minimum absolute atomic E-state index is 0.433. The predicted octanol–water partition coefficient (Wildman–Crippen LogP) is 2.47. The van der Waals surface area contributed by atoms with Crippen LogP contribution >= 0.6 is 11.6 Å². The Kier molecular flexibility index (Phi) is 3.77. The molecule has 0 aliphatic heterocycles. The van der Waals surface area contributed by atoms with Crippen molar-refractivity contribution in [2.24, 2.45) is 0 Å². The number of nitrogens with one attached hydrogen (secondary N) is 1. The maximum absolute atomic E-state index is 11.5. The van der Waals surface area contributed by atoms with E-state index in [2.05, 4.69) is 10.3 Å². The topological polar surface area (TPSA) is 79.3 Å². The number of benzene rings is 1. The average Bonchev–Trinajstić information content (AvgIpc) is 2.36. The zero-order valence-corrected chi connectivity index (χ0v) is 10.4. The molecule has 0 saturated heterocycles. The molecule has 19 heavy (non-hydrogen) atoms. The first-order chi connectivity index (χ1) is 9.06. The number of anilines is 1. The minimum Gasteiger partial charge on any atom is -0.478 e. The second-order valence-corrected chi connectivity index (χ2v) is 4.13. The SMILES string of the molecule is O=C(O)/C=C/C(=O)Nc1cc(Cl)cc2cccnc12. The van der Waals surface area contributed by atoms with Crippen molar-refractivity contribution < 1.29 is 14.7 Å².